The van der Waals surface area contributed by atoms with Crippen LogP contribution in [0.1, 0.15) is 46.4 Å². The van der Waals surface area contributed by atoms with E-state index < -0.39 is 11.5 Å². The zero-order chi connectivity index (χ0) is 27.5. The molecule has 1 aromatic heterocycles. The number of benzene rings is 2. The van der Waals surface area contributed by atoms with Gasteiger partial charge in [0.15, 0.2) is 0 Å². The van der Waals surface area contributed by atoms with E-state index in [1.807, 2.05) is 48.7 Å². The van der Waals surface area contributed by atoms with Gasteiger partial charge in [0.05, 0.1) is 17.7 Å². The Hall–Kier alpha value is -4.21. The minimum absolute atomic E-state index is 0.0154. The summed E-state index contributed by atoms with van der Waals surface area (Å²) < 4.78 is 7.65. The minimum atomic E-state index is -0.693. The van der Waals surface area contributed by atoms with Crippen molar-refractivity contribution in [2.75, 3.05) is 26.2 Å². The van der Waals surface area contributed by atoms with Crippen molar-refractivity contribution < 1.29 is 19.1 Å². The Kier molecular flexibility index (Phi) is 7.23. The van der Waals surface area contributed by atoms with Crippen LogP contribution in [0.2, 0.25) is 0 Å². The first kappa shape index (κ1) is 26.0. The molecule has 4 aliphatic heterocycles. The second kappa shape index (κ2) is 11.1. The van der Waals surface area contributed by atoms with Gasteiger partial charge in [0.25, 0.3) is 5.91 Å². The van der Waals surface area contributed by atoms with E-state index in [-0.39, 0.29) is 17.7 Å². The summed E-state index contributed by atoms with van der Waals surface area (Å²) in [5, 5.41) is 14.7. The average Bonchev–Trinajstić information content (AvgIpc) is 3.42. The second-order valence-corrected chi connectivity index (χ2v) is 11.0. The van der Waals surface area contributed by atoms with Crippen LogP contribution in [-0.4, -0.2) is 69.9 Å². The van der Waals surface area contributed by atoms with Crippen LogP contribution in [0, 0.1) is 5.41 Å². The van der Waals surface area contributed by atoms with Crippen LogP contribution in [-0.2, 0) is 35.4 Å². The monoisotopic (exact) mass is 542 g/mol. The van der Waals surface area contributed by atoms with Crippen molar-refractivity contribution in [1.29, 1.82) is 0 Å². The number of likely N-dealkylation sites (tertiary alicyclic amines) is 1. The van der Waals surface area contributed by atoms with Crippen LogP contribution in [0.15, 0.2) is 54.7 Å². The molecule has 2 N–H and O–H groups in total. The van der Waals surface area contributed by atoms with E-state index in [4.69, 9.17) is 4.74 Å². The Balaban J connectivity index is 1.17. The van der Waals surface area contributed by atoms with Gasteiger partial charge in [0, 0.05) is 57.2 Å². The third-order valence-corrected chi connectivity index (χ3v) is 8.33. The lowest BCUT2D eigenvalue weighted by molar-refractivity contribution is -0.141. The molecule has 1 spiro atoms. The summed E-state index contributed by atoms with van der Waals surface area (Å²) in [4.78, 5) is 41.6. The highest BCUT2D eigenvalue weighted by molar-refractivity contribution is 6.00. The van der Waals surface area contributed by atoms with E-state index in [2.05, 4.69) is 20.9 Å². The lowest BCUT2D eigenvalue weighted by Crippen LogP contribution is -2.56. The Morgan fingerprint density at radius 2 is 1.82 bits per heavy atom. The number of nitrogens with zero attached hydrogens (tertiary/aromatic N) is 4. The fourth-order valence-electron chi connectivity index (χ4n) is 5.99. The molecule has 10 heteroatoms. The third-order valence-electron chi connectivity index (χ3n) is 8.33. The molecule has 1 atom stereocenters. The maximum atomic E-state index is 13.7. The number of aryl methyl sites for hydroxylation is 1. The molecule has 2 aromatic carbocycles. The van der Waals surface area contributed by atoms with Crippen LogP contribution in [0.5, 0.6) is 5.75 Å². The van der Waals surface area contributed by atoms with E-state index in [1.165, 1.54) is 0 Å². The number of hydrogen-bond acceptors (Lipinski definition) is 6. The summed E-state index contributed by atoms with van der Waals surface area (Å²) >= 11 is 0. The molecule has 0 aliphatic carbocycles. The fraction of sp³-hybridized carbons (Fsp3) is 0.433. The van der Waals surface area contributed by atoms with Crippen LogP contribution >= 0.6 is 0 Å². The van der Waals surface area contributed by atoms with Gasteiger partial charge >= 0.3 is 0 Å². The number of amides is 3. The Labute approximate surface area is 233 Å². The van der Waals surface area contributed by atoms with Gasteiger partial charge in [-0.15, -0.1) is 5.10 Å². The van der Waals surface area contributed by atoms with Crippen molar-refractivity contribution in [3.8, 4) is 5.75 Å². The zero-order valence-electron chi connectivity index (χ0n) is 22.5. The highest BCUT2D eigenvalue weighted by Crippen LogP contribution is 2.36. The molecular formula is C30H34N6O4. The predicted octanol–water partition coefficient (Wildman–Crippen LogP) is 1.93. The summed E-state index contributed by atoms with van der Waals surface area (Å²) in [6, 6.07) is 14.8. The predicted molar refractivity (Wildman–Crippen MR) is 147 cm³/mol. The molecule has 1 saturated heterocycles. The number of piperidine rings is 1. The number of rotatable bonds is 1. The zero-order valence-corrected chi connectivity index (χ0v) is 22.5. The number of fused-ring (bicyclic) bond motifs is 9. The summed E-state index contributed by atoms with van der Waals surface area (Å²) in [7, 11) is 0. The number of aromatic nitrogens is 3. The van der Waals surface area contributed by atoms with Gasteiger partial charge in [0.2, 0.25) is 11.8 Å². The first-order valence-electron chi connectivity index (χ1n) is 14.1. The smallest absolute Gasteiger partial charge is 0.252 e. The van der Waals surface area contributed by atoms with Gasteiger partial charge < -0.3 is 20.3 Å². The van der Waals surface area contributed by atoms with E-state index in [0.717, 1.165) is 29.0 Å². The third kappa shape index (κ3) is 5.43. The van der Waals surface area contributed by atoms with Crippen molar-refractivity contribution in [2.24, 2.45) is 5.41 Å². The Bertz CT molecular complexity index is 1390. The van der Waals surface area contributed by atoms with Crippen LogP contribution < -0.4 is 15.4 Å². The molecule has 0 saturated carbocycles. The highest BCUT2D eigenvalue weighted by Gasteiger charge is 2.44. The lowest BCUT2D eigenvalue weighted by Gasteiger charge is -2.41. The molecule has 10 nitrogen and oxygen atoms in total. The van der Waals surface area contributed by atoms with E-state index in [0.29, 0.717) is 70.5 Å². The average molecular weight is 543 g/mol. The van der Waals surface area contributed by atoms with Crippen molar-refractivity contribution in [3.05, 3.63) is 77.1 Å². The molecular weight excluding hydrogens is 508 g/mol. The Morgan fingerprint density at radius 1 is 1.02 bits per heavy atom. The highest BCUT2D eigenvalue weighted by atomic mass is 16.5. The number of nitrogens with one attached hydrogen (secondary N) is 2. The summed E-state index contributed by atoms with van der Waals surface area (Å²) in [5.74, 6) is 0.497. The normalized spacial score (nSPS) is 21.1. The first-order chi connectivity index (χ1) is 19.5. The van der Waals surface area contributed by atoms with E-state index in [9.17, 15) is 14.4 Å². The van der Waals surface area contributed by atoms with Crippen molar-refractivity contribution in [1.82, 2.24) is 30.5 Å². The van der Waals surface area contributed by atoms with E-state index >= 15 is 0 Å². The van der Waals surface area contributed by atoms with E-state index in [1.54, 1.807) is 15.6 Å². The molecule has 40 heavy (non-hydrogen) atoms. The Morgan fingerprint density at radius 3 is 2.65 bits per heavy atom. The van der Waals surface area contributed by atoms with Gasteiger partial charge in [-0.05, 0) is 48.6 Å². The molecule has 3 amide bonds. The quantitative estimate of drug-likeness (QED) is 0.485. The van der Waals surface area contributed by atoms with Crippen molar-refractivity contribution in [2.45, 2.75) is 51.1 Å². The number of ether oxygens (including phenoxy) is 1. The maximum Gasteiger partial charge on any atom is 0.252 e. The molecule has 4 aliphatic rings. The largest absolute Gasteiger partial charge is 0.494 e. The minimum Gasteiger partial charge on any atom is -0.494 e. The molecule has 1 unspecified atom stereocenters. The maximum absolute atomic E-state index is 13.7. The molecule has 0 radical (unpaired) electrons. The molecule has 3 aromatic rings. The summed E-state index contributed by atoms with van der Waals surface area (Å²) in [5.41, 5.74) is 2.71. The van der Waals surface area contributed by atoms with Gasteiger partial charge in [0.1, 0.15) is 11.8 Å². The van der Waals surface area contributed by atoms with Crippen LogP contribution in [0.25, 0.3) is 0 Å². The molecule has 7 rings (SSSR count). The number of carbonyl (C=O) groups excluding carboxylic acids is 3. The molecule has 4 bridgehead atoms. The second-order valence-electron chi connectivity index (χ2n) is 11.0. The first-order valence-corrected chi connectivity index (χ1v) is 14.1. The van der Waals surface area contributed by atoms with Gasteiger partial charge in [-0.3, -0.25) is 19.1 Å². The number of hydrogen-bond donors (Lipinski definition) is 2. The summed E-state index contributed by atoms with van der Waals surface area (Å²) in [6.07, 6.45) is 5.36. The van der Waals surface area contributed by atoms with Crippen molar-refractivity contribution in [3.63, 3.8) is 0 Å². The molecule has 208 valence electrons. The van der Waals surface area contributed by atoms with Crippen LogP contribution in [0.4, 0.5) is 0 Å². The van der Waals surface area contributed by atoms with Gasteiger partial charge in [-0.2, -0.15) is 0 Å². The molecule has 5 heterocycles. The summed E-state index contributed by atoms with van der Waals surface area (Å²) in [6.45, 7) is 2.64. The molecule has 1 fully saturated rings. The topological polar surface area (TPSA) is 118 Å². The van der Waals surface area contributed by atoms with Crippen LogP contribution in [0.3, 0.4) is 0 Å². The van der Waals surface area contributed by atoms with Crippen molar-refractivity contribution >= 4 is 17.7 Å². The van der Waals surface area contributed by atoms with Gasteiger partial charge in [-0.1, -0.05) is 35.5 Å². The fourth-order valence-corrected chi connectivity index (χ4v) is 5.99. The lowest BCUT2D eigenvalue weighted by atomic mass is 9.73. The standard InChI is InChI=1S/C30H34N6O4/c37-27-25-5-2-1-4-22(25)18-26(32-27)28(38)35-15-11-30(12-16-35)19-23-20-36(34-33-23)14-3-17-40-24-8-6-21(7-9-24)10-13-31-29(30)39/h1-2,4-9,20,26H,3,10-19H2,(H,31,39)(H,32,37). The van der Waals surface area contributed by atoms with Gasteiger partial charge in [-0.25, -0.2) is 0 Å². The SMILES string of the molecule is O=C1NC(C(=O)N2CCC3(CC2)Cc2cn(nn2)CCCOc2ccc(cc2)CCNC3=O)Cc2ccccc21. The number of carbonyl (C=O) groups is 3.